The van der Waals surface area contributed by atoms with Gasteiger partial charge in [-0.05, 0) is 73.5 Å². The number of fused-ring (bicyclic) bond motifs is 1. The third-order valence-electron chi connectivity index (χ3n) is 4.18. The van der Waals surface area contributed by atoms with Crippen LogP contribution in [0.3, 0.4) is 0 Å². The summed E-state index contributed by atoms with van der Waals surface area (Å²) in [6.07, 6.45) is 2.28. The van der Waals surface area contributed by atoms with Crippen molar-refractivity contribution in [3.8, 4) is 0 Å². The van der Waals surface area contributed by atoms with E-state index in [0.717, 1.165) is 29.8 Å². The molecule has 0 aromatic heterocycles. The number of benzene rings is 2. The minimum Gasteiger partial charge on any atom is -0.366 e. The number of hydrogen-bond donors (Lipinski definition) is 1. The van der Waals surface area contributed by atoms with Crippen molar-refractivity contribution >= 4 is 23.5 Å². The Morgan fingerprint density at radius 1 is 1.23 bits per heavy atom. The molecule has 1 aliphatic heterocycles. The lowest BCUT2D eigenvalue weighted by Gasteiger charge is -2.30. The zero-order chi connectivity index (χ0) is 15.7. The highest BCUT2D eigenvalue weighted by Crippen LogP contribution is 2.37. The summed E-state index contributed by atoms with van der Waals surface area (Å²) in [6, 6.07) is 12.3. The Kier molecular flexibility index (Phi) is 4.12. The molecule has 0 spiro atoms. The maximum atomic E-state index is 11.5. The molecule has 0 fully saturated rings. The first-order chi connectivity index (χ1) is 10.6. The monoisotopic (exact) mass is 312 g/mol. The molecule has 3 rings (SSSR count). The maximum Gasteiger partial charge on any atom is 0.248 e. The molecule has 2 aromatic carbocycles. The highest BCUT2D eigenvalue weighted by molar-refractivity contribution is 8.00. The van der Waals surface area contributed by atoms with Crippen LogP contribution in [0, 0.1) is 13.8 Å². The fourth-order valence-electron chi connectivity index (χ4n) is 2.78. The van der Waals surface area contributed by atoms with Crippen molar-refractivity contribution in [1.82, 2.24) is 0 Å². The number of primary amides is 1. The number of nitrogens with two attached hydrogens (primary N) is 1. The first kappa shape index (κ1) is 15.0. The fraction of sp³-hybridized carbons (Fsp3) is 0.278. The smallest absolute Gasteiger partial charge is 0.248 e. The molecule has 4 heteroatoms. The first-order valence-electron chi connectivity index (χ1n) is 7.50. The van der Waals surface area contributed by atoms with Crippen molar-refractivity contribution < 1.29 is 4.79 Å². The molecule has 22 heavy (non-hydrogen) atoms. The van der Waals surface area contributed by atoms with Crippen LogP contribution in [-0.4, -0.2) is 12.5 Å². The van der Waals surface area contributed by atoms with E-state index in [1.165, 1.54) is 16.8 Å². The van der Waals surface area contributed by atoms with E-state index in [4.69, 9.17) is 5.73 Å². The van der Waals surface area contributed by atoms with Gasteiger partial charge in [-0.3, -0.25) is 4.79 Å². The number of amides is 1. The third-order valence-corrected chi connectivity index (χ3v) is 5.40. The van der Waals surface area contributed by atoms with Gasteiger partial charge in [0.25, 0.3) is 0 Å². The van der Waals surface area contributed by atoms with Crippen molar-refractivity contribution in [3.05, 3.63) is 58.7 Å². The standard InChI is InChI=1S/C18H20N2OS/c1-12-10-15(18(19)21)11-17(13(12)2)22-20-9-5-7-14-6-3-4-8-16(14)20/h3-4,6,8,10-11H,5,7,9H2,1-2H3,(H2,19,21). The van der Waals surface area contributed by atoms with Crippen molar-refractivity contribution in [2.45, 2.75) is 31.6 Å². The first-order valence-corrected chi connectivity index (χ1v) is 8.28. The van der Waals surface area contributed by atoms with Crippen LogP contribution < -0.4 is 10.0 Å². The number of para-hydroxylation sites is 1. The largest absolute Gasteiger partial charge is 0.366 e. The lowest BCUT2D eigenvalue weighted by molar-refractivity contribution is 0.1000. The van der Waals surface area contributed by atoms with Gasteiger partial charge < -0.3 is 10.0 Å². The third kappa shape index (κ3) is 2.83. The Morgan fingerprint density at radius 3 is 2.77 bits per heavy atom. The second-order valence-electron chi connectivity index (χ2n) is 5.71. The molecular weight excluding hydrogens is 292 g/mol. The Morgan fingerprint density at radius 2 is 2.00 bits per heavy atom. The molecule has 0 aliphatic carbocycles. The Bertz CT molecular complexity index is 727. The molecule has 0 radical (unpaired) electrons. The molecule has 0 bridgehead atoms. The van der Waals surface area contributed by atoms with Crippen LogP contribution in [0.25, 0.3) is 0 Å². The van der Waals surface area contributed by atoms with Gasteiger partial charge in [-0.1, -0.05) is 18.2 Å². The van der Waals surface area contributed by atoms with Crippen molar-refractivity contribution in [2.24, 2.45) is 5.73 Å². The molecule has 0 saturated heterocycles. The van der Waals surface area contributed by atoms with E-state index in [2.05, 4.69) is 35.5 Å². The molecule has 2 aromatic rings. The SMILES string of the molecule is Cc1cc(C(N)=O)cc(SN2CCCc3ccccc32)c1C. The van der Waals surface area contributed by atoms with E-state index < -0.39 is 0 Å². The molecule has 1 amide bonds. The highest BCUT2D eigenvalue weighted by Gasteiger charge is 2.19. The van der Waals surface area contributed by atoms with E-state index in [1.54, 1.807) is 11.9 Å². The second-order valence-corrected chi connectivity index (χ2v) is 6.77. The summed E-state index contributed by atoms with van der Waals surface area (Å²) in [7, 11) is 0. The number of carbonyl (C=O) groups is 1. The predicted octanol–water partition coefficient (Wildman–Crippen LogP) is 3.86. The molecule has 1 heterocycles. The number of hydrogen-bond acceptors (Lipinski definition) is 3. The Labute approximate surface area is 135 Å². The minimum absolute atomic E-state index is 0.371. The van der Waals surface area contributed by atoms with Crippen molar-refractivity contribution in [3.63, 3.8) is 0 Å². The van der Waals surface area contributed by atoms with E-state index in [0.29, 0.717) is 5.56 Å². The maximum absolute atomic E-state index is 11.5. The summed E-state index contributed by atoms with van der Waals surface area (Å²) in [5, 5.41) is 0. The zero-order valence-electron chi connectivity index (χ0n) is 12.9. The molecular formula is C18H20N2OS. The minimum atomic E-state index is -0.371. The lowest BCUT2D eigenvalue weighted by atomic mass is 10.0. The molecule has 1 aliphatic rings. The van der Waals surface area contributed by atoms with Gasteiger partial charge in [-0.25, -0.2) is 0 Å². The normalized spacial score (nSPS) is 13.8. The average molecular weight is 312 g/mol. The number of nitrogens with zero attached hydrogens (tertiary/aromatic N) is 1. The summed E-state index contributed by atoms with van der Waals surface area (Å²) in [5.41, 5.74) is 11.0. The number of aryl methyl sites for hydroxylation is 2. The van der Waals surface area contributed by atoms with E-state index in [-0.39, 0.29) is 5.91 Å². The second kappa shape index (κ2) is 6.05. The van der Waals surface area contributed by atoms with Gasteiger partial charge in [0.15, 0.2) is 0 Å². The van der Waals surface area contributed by atoms with E-state index >= 15 is 0 Å². The van der Waals surface area contributed by atoms with Crippen LogP contribution in [0.5, 0.6) is 0 Å². The molecule has 0 unspecified atom stereocenters. The highest BCUT2D eigenvalue weighted by atomic mass is 32.2. The molecule has 3 nitrogen and oxygen atoms in total. The Balaban J connectivity index is 1.96. The zero-order valence-corrected chi connectivity index (χ0v) is 13.7. The van der Waals surface area contributed by atoms with Crippen LogP contribution in [-0.2, 0) is 6.42 Å². The Hall–Kier alpha value is -1.94. The van der Waals surface area contributed by atoms with Gasteiger partial charge in [0.2, 0.25) is 5.91 Å². The topological polar surface area (TPSA) is 46.3 Å². The number of anilines is 1. The van der Waals surface area contributed by atoms with Crippen molar-refractivity contribution in [1.29, 1.82) is 0 Å². The summed E-state index contributed by atoms with van der Waals surface area (Å²) >= 11 is 1.71. The van der Waals surface area contributed by atoms with Gasteiger partial charge >= 0.3 is 0 Å². The molecule has 0 saturated carbocycles. The van der Waals surface area contributed by atoms with Gasteiger partial charge in [0.05, 0.1) is 5.69 Å². The van der Waals surface area contributed by atoms with Crippen LogP contribution in [0.15, 0.2) is 41.3 Å². The van der Waals surface area contributed by atoms with E-state index in [9.17, 15) is 4.79 Å². The quantitative estimate of drug-likeness (QED) is 0.875. The summed E-state index contributed by atoms with van der Waals surface area (Å²) in [5.74, 6) is -0.371. The van der Waals surface area contributed by atoms with Gasteiger partial charge in [0, 0.05) is 17.0 Å². The summed E-state index contributed by atoms with van der Waals surface area (Å²) < 4.78 is 2.32. The molecule has 114 valence electrons. The molecule has 0 atom stereocenters. The van der Waals surface area contributed by atoms with Gasteiger partial charge in [0.1, 0.15) is 0 Å². The lowest BCUT2D eigenvalue weighted by Crippen LogP contribution is -2.22. The summed E-state index contributed by atoms with van der Waals surface area (Å²) in [6.45, 7) is 5.13. The van der Waals surface area contributed by atoms with Crippen LogP contribution >= 0.6 is 11.9 Å². The van der Waals surface area contributed by atoms with Gasteiger partial charge in [-0.15, -0.1) is 0 Å². The fourth-order valence-corrected chi connectivity index (χ4v) is 3.99. The number of carbonyl (C=O) groups excluding carboxylic acids is 1. The van der Waals surface area contributed by atoms with Gasteiger partial charge in [-0.2, -0.15) is 0 Å². The van der Waals surface area contributed by atoms with Crippen LogP contribution in [0.2, 0.25) is 0 Å². The predicted molar refractivity (Wildman–Crippen MR) is 92.4 cm³/mol. The van der Waals surface area contributed by atoms with Crippen LogP contribution in [0.1, 0.15) is 33.5 Å². The average Bonchev–Trinajstić information content (AvgIpc) is 2.51. The number of rotatable bonds is 3. The molecule has 2 N–H and O–H groups in total. The van der Waals surface area contributed by atoms with Crippen LogP contribution in [0.4, 0.5) is 5.69 Å². The summed E-state index contributed by atoms with van der Waals surface area (Å²) in [4.78, 5) is 12.6. The van der Waals surface area contributed by atoms with Crippen molar-refractivity contribution in [2.75, 3.05) is 10.8 Å². The van der Waals surface area contributed by atoms with E-state index in [1.807, 2.05) is 19.1 Å².